The number of hydrogen-bond acceptors (Lipinski definition) is 1. The molecule has 0 N–H and O–H groups in total. The van der Waals surface area contributed by atoms with Gasteiger partial charge in [0.1, 0.15) is 0 Å². The molecule has 0 unspecified atom stereocenters. The first-order valence-electron chi connectivity index (χ1n) is 5.79. The molecule has 0 aliphatic carbocycles. The Kier molecular flexibility index (Phi) is 2.41. The molecule has 2 aromatic carbocycles. The van der Waals surface area contributed by atoms with E-state index in [-0.39, 0.29) is 0 Å². The van der Waals surface area contributed by atoms with E-state index in [2.05, 4.69) is 59.2 Å². The summed E-state index contributed by atoms with van der Waals surface area (Å²) in [6.45, 7) is 2.97. The maximum atomic E-state index is 4.45. The van der Waals surface area contributed by atoms with Crippen LogP contribution < -0.4 is 0 Å². The van der Waals surface area contributed by atoms with E-state index in [0.717, 1.165) is 6.54 Å². The van der Waals surface area contributed by atoms with E-state index in [4.69, 9.17) is 0 Å². The Balaban J connectivity index is 2.03. The van der Waals surface area contributed by atoms with Gasteiger partial charge in [0.05, 0.1) is 18.3 Å². The monoisotopic (exact) mass is 222 g/mol. The van der Waals surface area contributed by atoms with Crippen LogP contribution in [0.15, 0.2) is 54.7 Å². The third-order valence-electron chi connectivity index (χ3n) is 3.13. The second kappa shape index (κ2) is 4.06. The van der Waals surface area contributed by atoms with Crippen LogP contribution in [0.5, 0.6) is 0 Å². The molecule has 2 nitrogen and oxygen atoms in total. The number of nitrogens with zero attached hydrogens (tertiary/aromatic N) is 2. The minimum atomic E-state index is 0.834. The molecule has 0 fully saturated rings. The quantitative estimate of drug-likeness (QED) is 0.650. The van der Waals surface area contributed by atoms with Crippen molar-refractivity contribution in [2.45, 2.75) is 13.5 Å². The molecular weight excluding hydrogens is 208 g/mol. The van der Waals surface area contributed by atoms with Crippen LogP contribution in [0.25, 0.3) is 10.9 Å². The van der Waals surface area contributed by atoms with E-state index in [1.165, 1.54) is 22.0 Å². The molecule has 0 saturated carbocycles. The zero-order valence-electron chi connectivity index (χ0n) is 9.80. The normalized spacial score (nSPS) is 10.9. The number of rotatable bonds is 2. The molecule has 3 aromatic rings. The summed E-state index contributed by atoms with van der Waals surface area (Å²) in [5, 5.41) is 5.64. The Morgan fingerprint density at radius 3 is 2.65 bits per heavy atom. The lowest BCUT2D eigenvalue weighted by Crippen LogP contribution is -2.02. The predicted molar refractivity (Wildman–Crippen MR) is 70.0 cm³/mol. The van der Waals surface area contributed by atoms with E-state index in [1.54, 1.807) is 0 Å². The molecule has 3 rings (SSSR count). The van der Waals surface area contributed by atoms with Crippen molar-refractivity contribution < 1.29 is 0 Å². The topological polar surface area (TPSA) is 17.8 Å². The fourth-order valence-corrected chi connectivity index (χ4v) is 2.10. The molecule has 0 radical (unpaired) electrons. The van der Waals surface area contributed by atoms with Gasteiger partial charge in [0.15, 0.2) is 0 Å². The van der Waals surface area contributed by atoms with Crippen molar-refractivity contribution in [2.75, 3.05) is 0 Å². The summed E-state index contributed by atoms with van der Waals surface area (Å²) < 4.78 is 2.05. The van der Waals surface area contributed by atoms with Gasteiger partial charge in [-0.1, -0.05) is 42.5 Å². The molecule has 0 aliphatic heterocycles. The standard InChI is InChI=1S/C15H14N2/c1-12-6-2-3-8-14(12)11-17-15-9-5-4-7-13(15)10-16-17/h2-10H,11H2,1H3. The summed E-state index contributed by atoms with van der Waals surface area (Å²) in [5.74, 6) is 0. The molecule has 0 amide bonds. The summed E-state index contributed by atoms with van der Waals surface area (Å²) in [5.41, 5.74) is 3.82. The van der Waals surface area contributed by atoms with E-state index >= 15 is 0 Å². The Hall–Kier alpha value is -2.09. The van der Waals surface area contributed by atoms with E-state index < -0.39 is 0 Å². The van der Waals surface area contributed by atoms with Crippen LogP contribution in [0.2, 0.25) is 0 Å². The van der Waals surface area contributed by atoms with Crippen LogP contribution in [0.4, 0.5) is 0 Å². The van der Waals surface area contributed by atoms with Crippen molar-refractivity contribution in [3.63, 3.8) is 0 Å². The third kappa shape index (κ3) is 1.82. The van der Waals surface area contributed by atoms with Crippen molar-refractivity contribution in [2.24, 2.45) is 0 Å². The largest absolute Gasteiger partial charge is 0.260 e. The molecule has 0 atom stereocenters. The number of benzene rings is 2. The first-order chi connectivity index (χ1) is 8.34. The van der Waals surface area contributed by atoms with Crippen LogP contribution in [0.3, 0.4) is 0 Å². The first-order valence-corrected chi connectivity index (χ1v) is 5.79. The number of aryl methyl sites for hydroxylation is 1. The van der Waals surface area contributed by atoms with Crippen molar-refractivity contribution >= 4 is 10.9 Å². The van der Waals surface area contributed by atoms with Gasteiger partial charge >= 0.3 is 0 Å². The van der Waals surface area contributed by atoms with Crippen molar-refractivity contribution in [3.8, 4) is 0 Å². The minimum absolute atomic E-state index is 0.834. The predicted octanol–water partition coefficient (Wildman–Crippen LogP) is 3.39. The highest BCUT2D eigenvalue weighted by molar-refractivity contribution is 5.78. The number of aromatic nitrogens is 2. The molecule has 84 valence electrons. The molecule has 0 aliphatic rings. The second-order valence-corrected chi connectivity index (χ2v) is 4.29. The van der Waals surface area contributed by atoms with Crippen LogP contribution in [-0.4, -0.2) is 9.78 Å². The molecule has 1 aromatic heterocycles. The zero-order valence-corrected chi connectivity index (χ0v) is 9.80. The van der Waals surface area contributed by atoms with Crippen LogP contribution in [0.1, 0.15) is 11.1 Å². The van der Waals surface area contributed by atoms with Gasteiger partial charge in [-0.05, 0) is 24.1 Å². The summed E-state index contributed by atoms with van der Waals surface area (Å²) in [4.78, 5) is 0. The van der Waals surface area contributed by atoms with Gasteiger partial charge in [0.25, 0.3) is 0 Å². The molecular formula is C15H14N2. The van der Waals surface area contributed by atoms with Gasteiger partial charge in [-0.2, -0.15) is 5.10 Å². The van der Waals surface area contributed by atoms with Crippen molar-refractivity contribution in [1.29, 1.82) is 0 Å². The van der Waals surface area contributed by atoms with Crippen LogP contribution >= 0.6 is 0 Å². The average molecular weight is 222 g/mol. The van der Waals surface area contributed by atoms with Crippen LogP contribution in [0, 0.1) is 6.92 Å². The third-order valence-corrected chi connectivity index (χ3v) is 3.13. The Labute approximate surface area is 101 Å². The molecule has 0 spiro atoms. The molecule has 17 heavy (non-hydrogen) atoms. The SMILES string of the molecule is Cc1ccccc1Cn1ncc2ccccc21. The molecule has 0 bridgehead atoms. The summed E-state index contributed by atoms with van der Waals surface area (Å²) in [7, 11) is 0. The Bertz CT molecular complexity index is 653. The first kappa shape index (κ1) is 10.1. The lowest BCUT2D eigenvalue weighted by atomic mass is 10.1. The Morgan fingerprint density at radius 1 is 1.00 bits per heavy atom. The Morgan fingerprint density at radius 2 is 1.76 bits per heavy atom. The smallest absolute Gasteiger partial charge is 0.0686 e. The summed E-state index contributed by atoms with van der Waals surface area (Å²) in [6, 6.07) is 16.7. The van der Waals surface area contributed by atoms with Gasteiger partial charge in [0, 0.05) is 5.39 Å². The molecule has 1 heterocycles. The summed E-state index contributed by atoms with van der Waals surface area (Å²) >= 11 is 0. The van der Waals surface area contributed by atoms with Gasteiger partial charge in [0.2, 0.25) is 0 Å². The lowest BCUT2D eigenvalue weighted by molar-refractivity contribution is 0.709. The van der Waals surface area contributed by atoms with Crippen molar-refractivity contribution in [1.82, 2.24) is 9.78 Å². The van der Waals surface area contributed by atoms with Gasteiger partial charge in [-0.3, -0.25) is 4.68 Å². The highest BCUT2D eigenvalue weighted by atomic mass is 15.3. The van der Waals surface area contributed by atoms with Crippen LogP contribution in [-0.2, 0) is 6.54 Å². The van der Waals surface area contributed by atoms with Crippen molar-refractivity contribution in [3.05, 3.63) is 65.9 Å². The fourth-order valence-electron chi connectivity index (χ4n) is 2.10. The minimum Gasteiger partial charge on any atom is -0.260 e. The zero-order chi connectivity index (χ0) is 11.7. The lowest BCUT2D eigenvalue weighted by Gasteiger charge is -2.06. The van der Waals surface area contributed by atoms with Gasteiger partial charge in [-0.15, -0.1) is 0 Å². The fraction of sp³-hybridized carbons (Fsp3) is 0.133. The maximum absolute atomic E-state index is 4.45. The average Bonchev–Trinajstić information content (AvgIpc) is 2.76. The summed E-state index contributed by atoms with van der Waals surface area (Å²) in [6.07, 6.45) is 1.92. The maximum Gasteiger partial charge on any atom is 0.0686 e. The number of fused-ring (bicyclic) bond motifs is 1. The molecule has 2 heteroatoms. The highest BCUT2D eigenvalue weighted by Gasteiger charge is 2.03. The number of hydrogen-bond donors (Lipinski definition) is 0. The van der Waals surface area contributed by atoms with Gasteiger partial charge < -0.3 is 0 Å². The second-order valence-electron chi connectivity index (χ2n) is 4.29. The van der Waals surface area contributed by atoms with Gasteiger partial charge in [-0.25, -0.2) is 0 Å². The van der Waals surface area contributed by atoms with E-state index in [0.29, 0.717) is 0 Å². The number of para-hydroxylation sites is 1. The molecule has 0 saturated heterocycles. The van der Waals surface area contributed by atoms with E-state index in [1.807, 2.05) is 12.3 Å². The highest BCUT2D eigenvalue weighted by Crippen LogP contribution is 2.15. The van der Waals surface area contributed by atoms with E-state index in [9.17, 15) is 0 Å².